The summed E-state index contributed by atoms with van der Waals surface area (Å²) < 4.78 is 33.8. The molecule has 1 aromatic rings. The maximum Gasteiger partial charge on any atom is 0.161 e. The molecule has 0 N–H and O–H groups in total. The van der Waals surface area contributed by atoms with Gasteiger partial charge in [0.15, 0.2) is 21.3 Å². The third-order valence-electron chi connectivity index (χ3n) is 3.03. The molecule has 1 unspecified atom stereocenters. The molecule has 5 heteroatoms. The van der Waals surface area contributed by atoms with Crippen LogP contribution in [0.5, 0.6) is 11.5 Å². The van der Waals surface area contributed by atoms with Crippen LogP contribution in [0.1, 0.15) is 18.9 Å². The Morgan fingerprint density at radius 2 is 2.11 bits per heavy atom. The van der Waals surface area contributed by atoms with Gasteiger partial charge in [-0.2, -0.15) is 0 Å². The highest BCUT2D eigenvalue weighted by molar-refractivity contribution is 7.91. The van der Waals surface area contributed by atoms with E-state index in [1.165, 1.54) is 0 Å². The topological polar surface area (TPSA) is 52.6 Å². The SMILES string of the molecule is C/C=C/c1ccc(OC2CCS(=O)(=O)C2)c(OC)c1. The van der Waals surface area contributed by atoms with Gasteiger partial charge in [-0.25, -0.2) is 8.42 Å². The van der Waals surface area contributed by atoms with Crippen molar-refractivity contribution in [2.45, 2.75) is 19.4 Å². The second kappa shape index (κ2) is 5.65. The summed E-state index contributed by atoms with van der Waals surface area (Å²) in [6, 6.07) is 5.61. The molecule has 1 saturated heterocycles. The van der Waals surface area contributed by atoms with E-state index in [9.17, 15) is 8.42 Å². The molecule has 1 aromatic carbocycles. The monoisotopic (exact) mass is 282 g/mol. The molecule has 0 aliphatic carbocycles. The number of hydrogen-bond acceptors (Lipinski definition) is 4. The van der Waals surface area contributed by atoms with E-state index < -0.39 is 9.84 Å². The molecular weight excluding hydrogens is 264 g/mol. The van der Waals surface area contributed by atoms with Crippen LogP contribution in [0, 0.1) is 0 Å². The smallest absolute Gasteiger partial charge is 0.161 e. The summed E-state index contributed by atoms with van der Waals surface area (Å²) >= 11 is 0. The molecule has 0 radical (unpaired) electrons. The molecule has 4 nitrogen and oxygen atoms in total. The van der Waals surface area contributed by atoms with Crippen LogP contribution in [0.4, 0.5) is 0 Å². The van der Waals surface area contributed by atoms with Crippen LogP contribution >= 0.6 is 0 Å². The fraction of sp³-hybridized carbons (Fsp3) is 0.429. The maximum atomic E-state index is 11.4. The number of sulfone groups is 1. The molecule has 1 aliphatic rings. The Kier molecular flexibility index (Phi) is 4.14. The minimum Gasteiger partial charge on any atom is -0.493 e. The summed E-state index contributed by atoms with van der Waals surface area (Å²) in [5, 5.41) is 0. The molecule has 0 aromatic heterocycles. The summed E-state index contributed by atoms with van der Waals surface area (Å²) in [5.41, 5.74) is 1.02. The molecule has 1 atom stereocenters. The summed E-state index contributed by atoms with van der Waals surface area (Å²) in [7, 11) is -1.35. The second-order valence-corrected chi connectivity index (χ2v) is 6.78. The predicted octanol–water partition coefficient (Wildman–Crippen LogP) is 2.29. The normalized spacial score (nSPS) is 21.7. The average molecular weight is 282 g/mol. The Morgan fingerprint density at radius 3 is 2.68 bits per heavy atom. The lowest BCUT2D eigenvalue weighted by Crippen LogP contribution is -2.18. The minimum absolute atomic E-state index is 0.0900. The first-order valence-corrected chi connectivity index (χ1v) is 8.04. The van der Waals surface area contributed by atoms with E-state index in [1.807, 2.05) is 37.3 Å². The summed E-state index contributed by atoms with van der Waals surface area (Å²) in [4.78, 5) is 0. The van der Waals surface area contributed by atoms with Gasteiger partial charge in [0.05, 0.1) is 18.6 Å². The third kappa shape index (κ3) is 3.50. The van der Waals surface area contributed by atoms with Crippen molar-refractivity contribution in [1.29, 1.82) is 0 Å². The Balaban J connectivity index is 2.16. The van der Waals surface area contributed by atoms with E-state index in [2.05, 4.69) is 0 Å². The molecule has 0 spiro atoms. The molecule has 1 heterocycles. The number of hydrogen-bond donors (Lipinski definition) is 0. The van der Waals surface area contributed by atoms with Crippen LogP contribution in [0.3, 0.4) is 0 Å². The Morgan fingerprint density at radius 1 is 1.32 bits per heavy atom. The maximum absolute atomic E-state index is 11.4. The van der Waals surface area contributed by atoms with E-state index >= 15 is 0 Å². The van der Waals surface area contributed by atoms with Crippen molar-refractivity contribution in [3.05, 3.63) is 29.8 Å². The Labute approximate surface area is 114 Å². The number of allylic oxidation sites excluding steroid dienone is 1. The molecule has 19 heavy (non-hydrogen) atoms. The van der Waals surface area contributed by atoms with Crippen molar-refractivity contribution in [2.75, 3.05) is 18.6 Å². The van der Waals surface area contributed by atoms with Gasteiger partial charge in [0.1, 0.15) is 6.10 Å². The number of ether oxygens (including phenoxy) is 2. The standard InChI is InChI=1S/C14H18O4S/c1-3-4-11-5-6-13(14(9-11)17-2)18-12-7-8-19(15,16)10-12/h3-6,9,12H,7-8,10H2,1-2H3/b4-3+. The molecule has 1 aliphatic heterocycles. The predicted molar refractivity (Wildman–Crippen MR) is 75.4 cm³/mol. The Hall–Kier alpha value is -1.49. The highest BCUT2D eigenvalue weighted by Crippen LogP contribution is 2.31. The van der Waals surface area contributed by atoms with Gasteiger partial charge in [0.2, 0.25) is 0 Å². The summed E-state index contributed by atoms with van der Waals surface area (Å²) in [6.07, 6.45) is 4.18. The van der Waals surface area contributed by atoms with Gasteiger partial charge in [0, 0.05) is 0 Å². The second-order valence-electron chi connectivity index (χ2n) is 4.55. The first-order chi connectivity index (χ1) is 9.04. The molecule has 2 rings (SSSR count). The van der Waals surface area contributed by atoms with E-state index in [0.29, 0.717) is 17.9 Å². The van der Waals surface area contributed by atoms with Gasteiger partial charge >= 0.3 is 0 Å². The van der Waals surface area contributed by atoms with Crippen LogP contribution in [0.15, 0.2) is 24.3 Å². The van der Waals surface area contributed by atoms with Gasteiger partial charge in [-0.3, -0.25) is 0 Å². The van der Waals surface area contributed by atoms with Crippen molar-refractivity contribution >= 4 is 15.9 Å². The number of methoxy groups -OCH3 is 1. The fourth-order valence-corrected chi connectivity index (χ4v) is 3.70. The zero-order chi connectivity index (χ0) is 13.9. The number of rotatable bonds is 4. The minimum atomic E-state index is -2.93. The van der Waals surface area contributed by atoms with E-state index in [4.69, 9.17) is 9.47 Å². The lowest BCUT2D eigenvalue weighted by atomic mass is 10.2. The third-order valence-corrected chi connectivity index (χ3v) is 4.77. The lowest BCUT2D eigenvalue weighted by molar-refractivity contribution is 0.218. The van der Waals surface area contributed by atoms with Crippen molar-refractivity contribution < 1.29 is 17.9 Å². The first-order valence-electron chi connectivity index (χ1n) is 6.22. The molecule has 0 saturated carbocycles. The van der Waals surface area contributed by atoms with Crippen LogP contribution in [0.2, 0.25) is 0 Å². The van der Waals surface area contributed by atoms with Gasteiger partial charge in [0.25, 0.3) is 0 Å². The lowest BCUT2D eigenvalue weighted by Gasteiger charge is -2.15. The van der Waals surface area contributed by atoms with E-state index in [-0.39, 0.29) is 17.6 Å². The van der Waals surface area contributed by atoms with Gasteiger partial charge < -0.3 is 9.47 Å². The Bertz CT molecular complexity index is 575. The highest BCUT2D eigenvalue weighted by Gasteiger charge is 2.29. The largest absolute Gasteiger partial charge is 0.493 e. The number of benzene rings is 1. The quantitative estimate of drug-likeness (QED) is 0.850. The first kappa shape index (κ1) is 13.9. The summed E-state index contributed by atoms with van der Waals surface area (Å²) in [6.45, 7) is 1.94. The van der Waals surface area contributed by atoms with Crippen LogP contribution in [-0.4, -0.2) is 33.1 Å². The van der Waals surface area contributed by atoms with Gasteiger partial charge in [-0.15, -0.1) is 0 Å². The zero-order valence-corrected chi connectivity index (χ0v) is 11.9. The van der Waals surface area contributed by atoms with Crippen LogP contribution in [-0.2, 0) is 9.84 Å². The van der Waals surface area contributed by atoms with E-state index in [0.717, 1.165) is 5.56 Å². The summed E-state index contributed by atoms with van der Waals surface area (Å²) in [5.74, 6) is 1.52. The fourth-order valence-electron chi connectivity index (χ4n) is 2.11. The van der Waals surface area contributed by atoms with Gasteiger partial charge in [-0.05, 0) is 31.0 Å². The molecule has 0 bridgehead atoms. The molecule has 1 fully saturated rings. The molecule has 104 valence electrons. The molecule has 0 amide bonds. The van der Waals surface area contributed by atoms with Crippen molar-refractivity contribution in [2.24, 2.45) is 0 Å². The molecular formula is C14H18O4S. The van der Waals surface area contributed by atoms with E-state index in [1.54, 1.807) is 7.11 Å². The zero-order valence-electron chi connectivity index (χ0n) is 11.1. The van der Waals surface area contributed by atoms with Crippen molar-refractivity contribution in [1.82, 2.24) is 0 Å². The van der Waals surface area contributed by atoms with Gasteiger partial charge in [-0.1, -0.05) is 18.2 Å². The van der Waals surface area contributed by atoms with Crippen molar-refractivity contribution in [3.8, 4) is 11.5 Å². The van der Waals surface area contributed by atoms with Crippen LogP contribution in [0.25, 0.3) is 6.08 Å². The van der Waals surface area contributed by atoms with Crippen molar-refractivity contribution in [3.63, 3.8) is 0 Å². The highest BCUT2D eigenvalue weighted by atomic mass is 32.2. The van der Waals surface area contributed by atoms with Crippen LogP contribution < -0.4 is 9.47 Å². The average Bonchev–Trinajstić information content (AvgIpc) is 2.71.